The molecule has 2 fully saturated rings. The number of likely N-dealkylation sites (tertiary alicyclic amines) is 1. The zero-order chi connectivity index (χ0) is 20.1. The molecule has 3 amide bonds. The van der Waals surface area contributed by atoms with Crippen molar-refractivity contribution in [3.63, 3.8) is 0 Å². The van der Waals surface area contributed by atoms with E-state index in [0.29, 0.717) is 45.0 Å². The summed E-state index contributed by atoms with van der Waals surface area (Å²) in [7, 11) is 1.63. The Balaban J connectivity index is 1.76. The highest BCUT2D eigenvalue weighted by Crippen LogP contribution is 2.37. The Hall–Kier alpha value is -1.92. The largest absolute Gasteiger partial charge is 0.383 e. The van der Waals surface area contributed by atoms with Crippen LogP contribution < -0.4 is 0 Å². The monoisotopic (exact) mass is 387 g/mol. The summed E-state index contributed by atoms with van der Waals surface area (Å²) in [5, 5.41) is 0. The van der Waals surface area contributed by atoms with Crippen molar-refractivity contribution in [2.24, 2.45) is 0 Å². The molecule has 3 rings (SSSR count). The highest BCUT2D eigenvalue weighted by molar-refractivity contribution is 6.07. The van der Waals surface area contributed by atoms with Crippen LogP contribution in [0.1, 0.15) is 38.7 Å². The Morgan fingerprint density at radius 2 is 1.79 bits per heavy atom. The number of hydrogen-bond acceptors (Lipinski definition) is 4. The van der Waals surface area contributed by atoms with Gasteiger partial charge in [-0.15, -0.1) is 0 Å². The SMILES string of the molecule is CC[C@@H](C)N1CCC2(CC1)C(=O)N(CCc1ccccc1)C(=O)N2CCOC. The number of carbonyl (C=O) groups excluding carboxylic acids is 2. The maximum absolute atomic E-state index is 13.4. The summed E-state index contributed by atoms with van der Waals surface area (Å²) in [4.78, 5) is 32.3. The Labute approximate surface area is 168 Å². The van der Waals surface area contributed by atoms with Gasteiger partial charge in [0, 0.05) is 39.3 Å². The number of imide groups is 1. The molecule has 6 nitrogen and oxygen atoms in total. The number of hydrogen-bond donors (Lipinski definition) is 0. The van der Waals surface area contributed by atoms with Crippen molar-refractivity contribution < 1.29 is 14.3 Å². The van der Waals surface area contributed by atoms with Crippen LogP contribution in [0.15, 0.2) is 30.3 Å². The Morgan fingerprint density at radius 3 is 2.39 bits per heavy atom. The van der Waals surface area contributed by atoms with Crippen molar-refractivity contribution >= 4 is 11.9 Å². The molecule has 2 aliphatic heterocycles. The van der Waals surface area contributed by atoms with E-state index in [0.717, 1.165) is 25.1 Å². The van der Waals surface area contributed by atoms with E-state index in [4.69, 9.17) is 4.74 Å². The minimum atomic E-state index is -0.698. The molecule has 0 bridgehead atoms. The molecule has 6 heteroatoms. The van der Waals surface area contributed by atoms with Gasteiger partial charge in [-0.2, -0.15) is 0 Å². The van der Waals surface area contributed by atoms with Crippen molar-refractivity contribution in [1.82, 2.24) is 14.7 Å². The third-order valence-corrected chi connectivity index (χ3v) is 6.45. The van der Waals surface area contributed by atoms with Gasteiger partial charge in [-0.1, -0.05) is 37.3 Å². The van der Waals surface area contributed by atoms with Gasteiger partial charge in [0.2, 0.25) is 0 Å². The normalized spacial score (nSPS) is 21.0. The van der Waals surface area contributed by atoms with Gasteiger partial charge in [0.05, 0.1) is 6.61 Å². The summed E-state index contributed by atoms with van der Waals surface area (Å²) in [5.41, 5.74) is 0.440. The van der Waals surface area contributed by atoms with Gasteiger partial charge >= 0.3 is 6.03 Å². The van der Waals surface area contributed by atoms with Crippen LogP contribution >= 0.6 is 0 Å². The van der Waals surface area contributed by atoms with Crippen LogP contribution in [0.5, 0.6) is 0 Å². The molecule has 0 radical (unpaired) electrons. The Kier molecular flexibility index (Phi) is 6.73. The number of nitrogens with zero attached hydrogens (tertiary/aromatic N) is 3. The van der Waals surface area contributed by atoms with Crippen molar-refractivity contribution in [2.75, 3.05) is 39.9 Å². The zero-order valence-corrected chi connectivity index (χ0v) is 17.4. The van der Waals surface area contributed by atoms with E-state index in [2.05, 4.69) is 18.7 Å². The molecule has 2 aliphatic rings. The van der Waals surface area contributed by atoms with Gasteiger partial charge in [0.15, 0.2) is 0 Å². The number of methoxy groups -OCH3 is 1. The fourth-order valence-corrected chi connectivity index (χ4v) is 4.43. The highest BCUT2D eigenvalue weighted by atomic mass is 16.5. The second kappa shape index (κ2) is 9.05. The van der Waals surface area contributed by atoms with Gasteiger partial charge in [-0.3, -0.25) is 9.69 Å². The molecule has 0 aromatic heterocycles. The molecule has 1 aromatic carbocycles. The van der Waals surface area contributed by atoms with E-state index in [9.17, 15) is 9.59 Å². The van der Waals surface area contributed by atoms with E-state index in [1.807, 2.05) is 30.3 Å². The summed E-state index contributed by atoms with van der Waals surface area (Å²) in [6, 6.07) is 10.4. The van der Waals surface area contributed by atoms with Gasteiger partial charge in [0.25, 0.3) is 5.91 Å². The molecule has 0 unspecified atom stereocenters. The lowest BCUT2D eigenvalue weighted by Gasteiger charge is -2.43. The van der Waals surface area contributed by atoms with Crippen LogP contribution in [0.3, 0.4) is 0 Å². The molecule has 2 heterocycles. The summed E-state index contributed by atoms with van der Waals surface area (Å²) < 4.78 is 5.23. The van der Waals surface area contributed by atoms with Gasteiger partial charge in [0.1, 0.15) is 5.54 Å². The van der Waals surface area contributed by atoms with Crippen LogP contribution in [0.25, 0.3) is 0 Å². The Morgan fingerprint density at radius 1 is 1.11 bits per heavy atom. The third kappa shape index (κ3) is 3.94. The van der Waals surface area contributed by atoms with E-state index in [-0.39, 0.29) is 11.9 Å². The van der Waals surface area contributed by atoms with Gasteiger partial charge in [-0.05, 0) is 38.2 Å². The number of amides is 3. The number of ether oxygens (including phenoxy) is 1. The Bertz CT molecular complexity index is 671. The molecule has 0 N–H and O–H groups in total. The number of urea groups is 1. The quantitative estimate of drug-likeness (QED) is 0.644. The second-order valence-corrected chi connectivity index (χ2v) is 7.94. The average Bonchev–Trinajstić information content (AvgIpc) is 2.92. The van der Waals surface area contributed by atoms with Gasteiger partial charge in [-0.25, -0.2) is 4.79 Å². The molecule has 1 atom stereocenters. The number of carbonyl (C=O) groups is 2. The molecule has 0 saturated carbocycles. The number of piperidine rings is 1. The van der Waals surface area contributed by atoms with Crippen molar-refractivity contribution in [3.8, 4) is 0 Å². The second-order valence-electron chi connectivity index (χ2n) is 7.94. The predicted molar refractivity (Wildman–Crippen MR) is 109 cm³/mol. The maximum atomic E-state index is 13.4. The lowest BCUT2D eigenvalue weighted by atomic mass is 9.85. The lowest BCUT2D eigenvalue weighted by molar-refractivity contribution is -0.136. The zero-order valence-electron chi connectivity index (χ0n) is 17.4. The van der Waals surface area contributed by atoms with Crippen LogP contribution in [-0.2, 0) is 16.0 Å². The highest BCUT2D eigenvalue weighted by Gasteiger charge is 2.57. The van der Waals surface area contributed by atoms with Crippen LogP contribution in [0.2, 0.25) is 0 Å². The first-order chi connectivity index (χ1) is 13.5. The average molecular weight is 388 g/mol. The minimum Gasteiger partial charge on any atom is -0.383 e. The summed E-state index contributed by atoms with van der Waals surface area (Å²) >= 11 is 0. The molecule has 1 aromatic rings. The van der Waals surface area contributed by atoms with Crippen LogP contribution in [0, 0.1) is 0 Å². The number of rotatable bonds is 8. The van der Waals surface area contributed by atoms with E-state index in [1.165, 1.54) is 4.90 Å². The first-order valence-corrected chi connectivity index (χ1v) is 10.4. The van der Waals surface area contributed by atoms with E-state index < -0.39 is 5.54 Å². The summed E-state index contributed by atoms with van der Waals surface area (Å²) in [5.74, 6) is -0.0201. The first kappa shape index (κ1) is 20.8. The topological polar surface area (TPSA) is 53.1 Å². The van der Waals surface area contributed by atoms with E-state index in [1.54, 1.807) is 12.0 Å². The standard InChI is InChI=1S/C22H33N3O3/c1-4-18(2)23-14-11-22(12-15-23)20(26)24(21(27)25(22)16-17-28-3)13-10-19-8-6-5-7-9-19/h5-9,18H,4,10-17H2,1-3H3/t18-/m1/s1. The number of benzene rings is 1. The van der Waals surface area contributed by atoms with E-state index >= 15 is 0 Å². The smallest absolute Gasteiger partial charge is 0.327 e. The molecule has 1 spiro atoms. The molecule has 2 saturated heterocycles. The van der Waals surface area contributed by atoms with Crippen molar-refractivity contribution in [3.05, 3.63) is 35.9 Å². The van der Waals surface area contributed by atoms with Crippen LogP contribution in [0.4, 0.5) is 4.79 Å². The fraction of sp³-hybridized carbons (Fsp3) is 0.636. The lowest BCUT2D eigenvalue weighted by Crippen LogP contribution is -2.58. The van der Waals surface area contributed by atoms with Crippen LogP contribution in [-0.4, -0.2) is 78.1 Å². The van der Waals surface area contributed by atoms with Crippen molar-refractivity contribution in [1.29, 1.82) is 0 Å². The first-order valence-electron chi connectivity index (χ1n) is 10.4. The molecular weight excluding hydrogens is 354 g/mol. The fourth-order valence-electron chi connectivity index (χ4n) is 4.43. The molecule has 28 heavy (non-hydrogen) atoms. The minimum absolute atomic E-state index is 0.0201. The predicted octanol–water partition coefficient (Wildman–Crippen LogP) is 2.77. The maximum Gasteiger partial charge on any atom is 0.327 e. The summed E-state index contributed by atoms with van der Waals surface area (Å²) in [6.45, 7) is 7.47. The molecule has 154 valence electrons. The molecule has 0 aliphatic carbocycles. The summed E-state index contributed by atoms with van der Waals surface area (Å²) in [6.07, 6.45) is 3.18. The molecular formula is C22H33N3O3. The third-order valence-electron chi connectivity index (χ3n) is 6.45. The van der Waals surface area contributed by atoms with Crippen molar-refractivity contribution in [2.45, 2.75) is 51.1 Å². The van der Waals surface area contributed by atoms with Gasteiger partial charge < -0.3 is 14.5 Å².